The minimum atomic E-state index is -1.07. The van der Waals surface area contributed by atoms with E-state index in [4.69, 9.17) is 37.7 Å². The first kappa shape index (κ1) is 42.6. The summed E-state index contributed by atoms with van der Waals surface area (Å²) < 4.78 is 38.2. The van der Waals surface area contributed by atoms with Crippen LogP contribution in [0.25, 0.3) is 66.7 Å². The predicted octanol–water partition coefficient (Wildman–Crippen LogP) is 12.3. The predicted molar refractivity (Wildman–Crippen MR) is 257 cm³/mol. The molecule has 346 valence electrons. The highest BCUT2D eigenvalue weighted by Gasteiger charge is 2.44. The van der Waals surface area contributed by atoms with Crippen LogP contribution in [0.3, 0.4) is 0 Å². The molecule has 1 aliphatic carbocycles. The van der Waals surface area contributed by atoms with Crippen molar-refractivity contribution in [1.29, 1.82) is 0 Å². The van der Waals surface area contributed by atoms with E-state index in [1.165, 1.54) is 0 Å². The summed E-state index contributed by atoms with van der Waals surface area (Å²) in [6, 6.07) is 24.8. The van der Waals surface area contributed by atoms with Crippen molar-refractivity contribution in [2.75, 3.05) is 13.2 Å². The Labute approximate surface area is 392 Å². The summed E-state index contributed by atoms with van der Waals surface area (Å²) in [6.07, 6.45) is 5.87. The molecular formula is C56H52N2O10. The van der Waals surface area contributed by atoms with Gasteiger partial charge in [0.2, 0.25) is 0 Å². The number of hydrogen-bond donors (Lipinski definition) is 2. The van der Waals surface area contributed by atoms with Crippen molar-refractivity contribution in [2.45, 2.75) is 103 Å². The zero-order chi connectivity index (χ0) is 46.5. The highest BCUT2D eigenvalue weighted by Crippen LogP contribution is 2.47. The smallest absolute Gasteiger partial charge is 0.336 e. The first-order valence-electron chi connectivity index (χ1n) is 23.9. The van der Waals surface area contributed by atoms with E-state index in [1.54, 1.807) is 12.1 Å². The zero-order valence-electron chi connectivity index (χ0n) is 38.5. The third-order valence-electron chi connectivity index (χ3n) is 15.4. The molecule has 4 fully saturated rings. The van der Waals surface area contributed by atoms with E-state index >= 15 is 0 Å². The average Bonchev–Trinajstić information content (AvgIpc) is 3.96. The standard InChI is InChI=1S/C56H52N2O10/c1-27-9-12-46(64-34-19-33(20-34)31-15-17-63-18-16-31)49-41(56(61)62)26-43(58-51(27)49)54-30(4)38-21-32(11-14-45(38)68-54)39-23-35-22-36(24-48(39)66-35)65-47-13-10-28(2)52-50(47)40(55(59)60)25-42(57-52)53-29(3)37-7-5-6-8-44(37)67-53/h5-14,21,25-26,31,33-36,39,48H,15-20,22-24H2,1-4H3,(H,59,60)(H,61,62)/t33?,34?,35-,36+,39?,48+/m1/s1. The SMILES string of the molecule is Cc1c(-c2cc(C(=O)O)c3c(OC4CC(C5CCOCC5)C4)ccc(C)c3n2)oc2ccc(C3C[C@H]4C[C@H](Oc5ccc(C)c6nc(-c7oc8ccccc8c7C)cc(C(=O)O)c56)C[C@@H]3O4)cc12. The Morgan fingerprint density at radius 2 is 1.19 bits per heavy atom. The maximum absolute atomic E-state index is 13.0. The topological polar surface area (TPSA) is 164 Å². The summed E-state index contributed by atoms with van der Waals surface area (Å²) in [6.45, 7) is 9.48. The highest BCUT2D eigenvalue weighted by molar-refractivity contribution is 6.08. The van der Waals surface area contributed by atoms with Gasteiger partial charge in [-0.15, -0.1) is 0 Å². The molecule has 0 radical (unpaired) electrons. The summed E-state index contributed by atoms with van der Waals surface area (Å²) in [5, 5.41) is 24.1. The second-order valence-corrected chi connectivity index (χ2v) is 19.6. The number of fused-ring (bicyclic) bond motifs is 6. The molecule has 2 bridgehead atoms. The van der Waals surface area contributed by atoms with Crippen molar-refractivity contribution < 1.29 is 47.6 Å². The number of pyridine rings is 2. The minimum Gasteiger partial charge on any atom is -0.490 e. The van der Waals surface area contributed by atoms with Crippen LogP contribution in [0.15, 0.2) is 87.7 Å². The number of carbonyl (C=O) groups is 2. The van der Waals surface area contributed by atoms with Gasteiger partial charge in [0.15, 0.2) is 11.5 Å². The van der Waals surface area contributed by atoms with Gasteiger partial charge in [-0.05, 0) is 131 Å². The Hall–Kier alpha value is -6.76. The molecule has 7 heterocycles. The molecule has 3 aliphatic heterocycles. The number of nitrogens with zero attached hydrogens (tertiary/aromatic N) is 2. The maximum atomic E-state index is 13.0. The van der Waals surface area contributed by atoms with Crippen molar-refractivity contribution in [3.8, 4) is 34.4 Å². The lowest BCUT2D eigenvalue weighted by atomic mass is 9.71. The van der Waals surface area contributed by atoms with Gasteiger partial charge in [-0.25, -0.2) is 19.6 Å². The number of aromatic carboxylic acids is 2. The molecule has 3 saturated heterocycles. The maximum Gasteiger partial charge on any atom is 0.336 e. The van der Waals surface area contributed by atoms with Crippen LogP contribution in [0.4, 0.5) is 0 Å². The van der Waals surface area contributed by atoms with Gasteiger partial charge >= 0.3 is 11.9 Å². The average molecular weight is 913 g/mol. The Kier molecular flexibility index (Phi) is 10.3. The molecule has 0 spiro atoms. The third kappa shape index (κ3) is 7.18. The summed E-state index contributed by atoms with van der Waals surface area (Å²) in [7, 11) is 0. The molecule has 68 heavy (non-hydrogen) atoms. The van der Waals surface area contributed by atoms with E-state index in [9.17, 15) is 19.8 Å². The lowest BCUT2D eigenvalue weighted by molar-refractivity contribution is -0.0464. The number of carboxylic acid groups (broad SMARTS) is 2. The largest absolute Gasteiger partial charge is 0.490 e. The number of para-hydroxylation sites is 1. The molecule has 0 amide bonds. The summed E-state index contributed by atoms with van der Waals surface area (Å²) in [4.78, 5) is 36.0. The minimum absolute atomic E-state index is 0.0389. The molecule has 1 saturated carbocycles. The second-order valence-electron chi connectivity index (χ2n) is 19.6. The molecule has 2 N–H and O–H groups in total. The summed E-state index contributed by atoms with van der Waals surface area (Å²) >= 11 is 0. The van der Waals surface area contributed by atoms with Crippen LogP contribution in [-0.4, -0.2) is 69.7 Å². The van der Waals surface area contributed by atoms with E-state index in [2.05, 4.69) is 12.1 Å². The van der Waals surface area contributed by atoms with Crippen molar-refractivity contribution >= 4 is 55.7 Å². The number of hydrogen-bond acceptors (Lipinski definition) is 10. The van der Waals surface area contributed by atoms with E-state index in [-0.39, 0.29) is 41.5 Å². The van der Waals surface area contributed by atoms with Gasteiger partial charge in [0, 0.05) is 53.9 Å². The summed E-state index contributed by atoms with van der Waals surface area (Å²) in [5.41, 5.74) is 8.30. The molecule has 4 atom stereocenters. The van der Waals surface area contributed by atoms with Crippen molar-refractivity contribution in [3.05, 3.63) is 118 Å². The number of rotatable bonds is 10. The van der Waals surface area contributed by atoms with Crippen LogP contribution >= 0.6 is 0 Å². The van der Waals surface area contributed by atoms with Gasteiger partial charge in [0.25, 0.3) is 0 Å². The fourth-order valence-corrected chi connectivity index (χ4v) is 11.7. The summed E-state index contributed by atoms with van der Waals surface area (Å²) in [5.74, 6) is 1.36. The van der Waals surface area contributed by atoms with Crippen LogP contribution < -0.4 is 9.47 Å². The fraction of sp³-hybridized carbons (Fsp3) is 0.357. The van der Waals surface area contributed by atoms with Crippen LogP contribution in [0.1, 0.15) is 99.4 Å². The van der Waals surface area contributed by atoms with Gasteiger partial charge in [0.05, 0.1) is 51.2 Å². The number of ether oxygens (including phenoxy) is 4. The van der Waals surface area contributed by atoms with E-state index in [1.807, 2.05) is 82.3 Å². The van der Waals surface area contributed by atoms with Crippen molar-refractivity contribution in [2.24, 2.45) is 11.8 Å². The van der Waals surface area contributed by atoms with Crippen molar-refractivity contribution in [3.63, 3.8) is 0 Å². The molecule has 1 unspecified atom stereocenters. The molecule has 8 aromatic rings. The zero-order valence-corrected chi connectivity index (χ0v) is 38.5. The first-order valence-corrected chi connectivity index (χ1v) is 23.9. The highest BCUT2D eigenvalue weighted by atomic mass is 16.5. The normalized spacial score (nSPS) is 22.8. The molecule has 4 aromatic heterocycles. The van der Waals surface area contributed by atoms with Crippen LogP contribution in [0, 0.1) is 39.5 Å². The molecule has 4 aliphatic rings. The van der Waals surface area contributed by atoms with E-state index in [0.717, 1.165) is 89.5 Å². The van der Waals surface area contributed by atoms with Gasteiger partial charge in [0.1, 0.15) is 40.2 Å². The van der Waals surface area contributed by atoms with E-state index < -0.39 is 11.9 Å². The molecule has 12 heteroatoms. The van der Waals surface area contributed by atoms with E-state index in [0.29, 0.717) is 86.5 Å². The number of carboxylic acids is 2. The second kappa shape index (κ2) is 16.5. The fourth-order valence-electron chi connectivity index (χ4n) is 11.7. The van der Waals surface area contributed by atoms with Gasteiger partial charge in [-0.1, -0.05) is 36.4 Å². The number of furan rings is 2. The molecular weight excluding hydrogens is 861 g/mol. The lowest BCUT2D eigenvalue weighted by Crippen LogP contribution is -2.39. The Balaban J connectivity index is 0.805. The number of benzene rings is 4. The molecule has 12 rings (SSSR count). The monoisotopic (exact) mass is 912 g/mol. The van der Waals surface area contributed by atoms with Crippen LogP contribution in [0.5, 0.6) is 11.5 Å². The Bertz CT molecular complexity index is 3360. The quantitative estimate of drug-likeness (QED) is 0.134. The molecule has 4 aromatic carbocycles. The number of aromatic nitrogens is 2. The van der Waals surface area contributed by atoms with Gasteiger partial charge in [-0.3, -0.25) is 0 Å². The third-order valence-corrected chi connectivity index (χ3v) is 15.4. The van der Waals surface area contributed by atoms with Crippen molar-refractivity contribution in [1.82, 2.24) is 9.97 Å². The van der Waals surface area contributed by atoms with Crippen LogP contribution in [0.2, 0.25) is 0 Å². The first-order chi connectivity index (χ1) is 32.9. The molecule has 12 nitrogen and oxygen atoms in total. The Morgan fingerprint density at radius 3 is 1.79 bits per heavy atom. The number of aryl methyl sites for hydroxylation is 4. The van der Waals surface area contributed by atoms with Gasteiger partial charge < -0.3 is 38.0 Å². The lowest BCUT2D eigenvalue weighted by Gasteiger charge is -2.41. The Morgan fingerprint density at radius 1 is 0.618 bits per heavy atom. The van der Waals surface area contributed by atoms with Crippen LogP contribution in [-0.2, 0) is 9.47 Å². The van der Waals surface area contributed by atoms with Gasteiger partial charge in [-0.2, -0.15) is 0 Å².